The van der Waals surface area contributed by atoms with Crippen LogP contribution in [0, 0.1) is 0 Å². The minimum atomic E-state index is 0.0237. The molecule has 0 fully saturated rings. The zero-order valence-electron chi connectivity index (χ0n) is 13.1. The van der Waals surface area contributed by atoms with Gasteiger partial charge in [0.15, 0.2) is 0 Å². The van der Waals surface area contributed by atoms with E-state index >= 15 is 0 Å². The van der Waals surface area contributed by atoms with Crippen LogP contribution in [0.1, 0.15) is 35.4 Å². The third-order valence-electron chi connectivity index (χ3n) is 4.85. The number of benzene rings is 1. The quantitative estimate of drug-likeness (QED) is 0.851. The molecule has 4 nitrogen and oxygen atoms in total. The van der Waals surface area contributed by atoms with Crippen LogP contribution in [0.25, 0.3) is 0 Å². The van der Waals surface area contributed by atoms with Crippen LogP contribution in [0.15, 0.2) is 29.1 Å². The van der Waals surface area contributed by atoms with Crippen molar-refractivity contribution in [1.29, 1.82) is 0 Å². The number of carbonyl (C=O) groups is 1. The van der Waals surface area contributed by atoms with Gasteiger partial charge >= 0.3 is 4.87 Å². The predicted octanol–water partition coefficient (Wildman–Crippen LogP) is 2.77. The van der Waals surface area contributed by atoms with E-state index in [1.54, 1.807) is 4.57 Å². The molecule has 5 heteroatoms. The molecular weight excluding hydrogens is 308 g/mol. The van der Waals surface area contributed by atoms with Crippen molar-refractivity contribution in [3.63, 3.8) is 0 Å². The second-order valence-corrected chi connectivity index (χ2v) is 7.35. The summed E-state index contributed by atoms with van der Waals surface area (Å²) in [5.41, 5.74) is 3.34. The van der Waals surface area contributed by atoms with Crippen molar-refractivity contribution < 1.29 is 4.79 Å². The molecule has 1 aromatic heterocycles. The minimum Gasteiger partial charge on any atom is -0.311 e. The average Bonchev–Trinajstić information content (AvgIpc) is 2.90. The van der Waals surface area contributed by atoms with Crippen molar-refractivity contribution >= 4 is 22.9 Å². The van der Waals surface area contributed by atoms with Crippen molar-refractivity contribution in [2.45, 2.75) is 45.1 Å². The number of hydrogen-bond donors (Lipinski definition) is 0. The van der Waals surface area contributed by atoms with Crippen LogP contribution in [-0.4, -0.2) is 17.0 Å². The number of aryl methyl sites for hydroxylation is 2. The fraction of sp³-hybridized carbons (Fsp3) is 0.444. The van der Waals surface area contributed by atoms with E-state index < -0.39 is 0 Å². The lowest BCUT2D eigenvalue weighted by Crippen LogP contribution is -2.39. The minimum absolute atomic E-state index is 0.0237. The highest BCUT2D eigenvalue weighted by Crippen LogP contribution is 2.28. The highest BCUT2D eigenvalue weighted by molar-refractivity contribution is 7.09. The van der Waals surface area contributed by atoms with Crippen molar-refractivity contribution in [3.05, 3.63) is 50.1 Å². The molecule has 0 bridgehead atoms. The van der Waals surface area contributed by atoms with Gasteiger partial charge in [0.05, 0.1) is 0 Å². The maximum atomic E-state index is 12.8. The van der Waals surface area contributed by atoms with E-state index in [1.807, 2.05) is 23.1 Å². The largest absolute Gasteiger partial charge is 0.311 e. The number of para-hydroxylation sites is 1. The molecule has 1 aliphatic carbocycles. The molecule has 0 saturated carbocycles. The number of fused-ring (bicyclic) bond motifs is 2. The first-order chi connectivity index (χ1) is 11.2. The molecule has 0 spiro atoms. The van der Waals surface area contributed by atoms with Gasteiger partial charge in [-0.15, -0.1) is 0 Å². The van der Waals surface area contributed by atoms with Gasteiger partial charge in [0.2, 0.25) is 5.91 Å². The standard InChI is InChI=1S/C18H20N2O2S/c21-17(19-11-5-7-13-6-1-2-8-14(13)19)12-20-15-9-3-4-10-16(15)23-18(20)22/h1-2,6,8H,3-5,7,9-12H2. The Morgan fingerprint density at radius 2 is 1.91 bits per heavy atom. The Kier molecular flexibility index (Phi) is 3.81. The lowest BCUT2D eigenvalue weighted by atomic mass is 10.0. The van der Waals surface area contributed by atoms with E-state index in [0.717, 1.165) is 56.5 Å². The number of rotatable bonds is 2. The topological polar surface area (TPSA) is 42.3 Å². The smallest absolute Gasteiger partial charge is 0.308 e. The normalized spacial score (nSPS) is 16.8. The van der Waals surface area contributed by atoms with Crippen LogP contribution in [-0.2, 0) is 30.6 Å². The van der Waals surface area contributed by atoms with Crippen molar-refractivity contribution in [3.8, 4) is 0 Å². The Bertz CT molecular complexity index is 806. The fourth-order valence-corrected chi connectivity index (χ4v) is 4.77. The third-order valence-corrected chi connectivity index (χ3v) is 5.93. The molecule has 4 rings (SSSR count). The summed E-state index contributed by atoms with van der Waals surface area (Å²) in [6.45, 7) is 0.927. The number of aromatic nitrogens is 1. The van der Waals surface area contributed by atoms with Crippen molar-refractivity contribution in [2.75, 3.05) is 11.4 Å². The number of thiazole rings is 1. The molecule has 0 radical (unpaired) electrons. The van der Waals surface area contributed by atoms with E-state index in [-0.39, 0.29) is 17.3 Å². The molecule has 120 valence electrons. The predicted molar refractivity (Wildman–Crippen MR) is 92.3 cm³/mol. The van der Waals surface area contributed by atoms with E-state index in [4.69, 9.17) is 0 Å². The van der Waals surface area contributed by atoms with Crippen LogP contribution < -0.4 is 9.77 Å². The summed E-state index contributed by atoms with van der Waals surface area (Å²) < 4.78 is 1.72. The SMILES string of the molecule is O=C(Cn1c2c(sc1=O)CCCC2)N1CCCc2ccccc21. The second-order valence-electron chi connectivity index (χ2n) is 6.31. The maximum Gasteiger partial charge on any atom is 0.308 e. The fourth-order valence-electron chi connectivity index (χ4n) is 3.70. The van der Waals surface area contributed by atoms with Gasteiger partial charge in [-0.25, -0.2) is 0 Å². The number of amides is 1. The van der Waals surface area contributed by atoms with Crippen LogP contribution in [0.5, 0.6) is 0 Å². The first-order valence-electron chi connectivity index (χ1n) is 8.33. The summed E-state index contributed by atoms with van der Waals surface area (Å²) in [5, 5.41) is 0. The van der Waals surface area contributed by atoms with E-state index in [0.29, 0.717) is 0 Å². The Hall–Kier alpha value is -1.88. The van der Waals surface area contributed by atoms with Gasteiger partial charge < -0.3 is 4.90 Å². The molecule has 0 unspecified atom stereocenters. The average molecular weight is 328 g/mol. The van der Waals surface area contributed by atoms with Crippen LogP contribution in [0.2, 0.25) is 0 Å². The third kappa shape index (κ3) is 2.63. The van der Waals surface area contributed by atoms with Crippen molar-refractivity contribution in [1.82, 2.24) is 4.57 Å². The Balaban J connectivity index is 1.62. The summed E-state index contributed by atoms with van der Waals surface area (Å²) >= 11 is 1.33. The highest BCUT2D eigenvalue weighted by atomic mass is 32.1. The molecule has 0 saturated heterocycles. The molecule has 1 aliphatic heterocycles. The monoisotopic (exact) mass is 328 g/mol. The zero-order valence-corrected chi connectivity index (χ0v) is 13.9. The summed E-state index contributed by atoms with van der Waals surface area (Å²) in [6.07, 6.45) is 6.19. The molecule has 2 heterocycles. The van der Waals surface area contributed by atoms with Crippen LogP contribution >= 0.6 is 11.3 Å². The summed E-state index contributed by atoms with van der Waals surface area (Å²) in [4.78, 5) is 28.2. The molecule has 2 aromatic rings. The maximum absolute atomic E-state index is 12.8. The second kappa shape index (κ2) is 5.96. The molecule has 0 N–H and O–H groups in total. The summed E-state index contributed by atoms with van der Waals surface area (Å²) in [7, 11) is 0. The van der Waals surface area contributed by atoms with Crippen LogP contribution in [0.4, 0.5) is 5.69 Å². The Morgan fingerprint density at radius 1 is 1.09 bits per heavy atom. The molecule has 0 atom stereocenters. The van der Waals surface area contributed by atoms with Gasteiger partial charge in [-0.1, -0.05) is 29.5 Å². The Labute approximate surface area is 139 Å². The Morgan fingerprint density at radius 3 is 2.83 bits per heavy atom. The molecule has 23 heavy (non-hydrogen) atoms. The van der Waals surface area contributed by atoms with Gasteiger partial charge in [0, 0.05) is 22.8 Å². The van der Waals surface area contributed by atoms with Gasteiger partial charge in [0.25, 0.3) is 0 Å². The number of carbonyl (C=O) groups excluding carboxylic acids is 1. The van der Waals surface area contributed by atoms with Gasteiger partial charge in [-0.05, 0) is 50.2 Å². The number of anilines is 1. The lowest BCUT2D eigenvalue weighted by molar-refractivity contribution is -0.119. The van der Waals surface area contributed by atoms with Crippen molar-refractivity contribution in [2.24, 2.45) is 0 Å². The lowest BCUT2D eigenvalue weighted by Gasteiger charge is -2.29. The van der Waals surface area contributed by atoms with Crippen LogP contribution in [0.3, 0.4) is 0 Å². The number of hydrogen-bond acceptors (Lipinski definition) is 3. The first kappa shape index (κ1) is 14.7. The van der Waals surface area contributed by atoms with E-state index in [1.165, 1.54) is 21.8 Å². The highest BCUT2D eigenvalue weighted by Gasteiger charge is 2.25. The first-order valence-corrected chi connectivity index (χ1v) is 9.15. The van der Waals surface area contributed by atoms with Gasteiger partial charge in [0.1, 0.15) is 6.54 Å². The summed E-state index contributed by atoms with van der Waals surface area (Å²) in [6, 6.07) is 8.10. The molecule has 2 aliphatic rings. The van der Waals surface area contributed by atoms with E-state index in [9.17, 15) is 9.59 Å². The summed E-state index contributed by atoms with van der Waals surface area (Å²) in [5.74, 6) is 0.0328. The van der Waals surface area contributed by atoms with Gasteiger partial charge in [-0.2, -0.15) is 0 Å². The number of nitrogens with zero attached hydrogens (tertiary/aromatic N) is 2. The van der Waals surface area contributed by atoms with E-state index in [2.05, 4.69) is 6.07 Å². The zero-order chi connectivity index (χ0) is 15.8. The molecular formula is C18H20N2O2S. The molecule has 1 aromatic carbocycles. The molecule has 1 amide bonds. The van der Waals surface area contributed by atoms with Gasteiger partial charge in [-0.3, -0.25) is 14.2 Å².